The summed E-state index contributed by atoms with van der Waals surface area (Å²) in [6.45, 7) is 2.35. The Hall–Kier alpha value is -4.66. The van der Waals surface area contributed by atoms with Gasteiger partial charge in [0, 0.05) is 37.3 Å². The van der Waals surface area contributed by atoms with Crippen molar-refractivity contribution in [3.8, 4) is 5.75 Å². The fourth-order valence-electron chi connectivity index (χ4n) is 5.55. The number of para-hydroxylation sites is 1. The maximum atomic E-state index is 13.9. The van der Waals surface area contributed by atoms with Crippen LogP contribution in [0.4, 0.5) is 8.78 Å². The van der Waals surface area contributed by atoms with E-state index in [2.05, 4.69) is 4.90 Å². The summed E-state index contributed by atoms with van der Waals surface area (Å²) in [5, 5.41) is 3.71. The SMILES string of the molecule is COc1ccccc1/C=C1\N=C(c2ccccc2)N(N2CCN(C(c3ccc(F)cc3)c3ccc(F)cc3)CC2)C1=O. The molecule has 8 heteroatoms. The van der Waals surface area contributed by atoms with Crippen molar-refractivity contribution < 1.29 is 18.3 Å². The number of rotatable bonds is 7. The molecular formula is C34H30F2N4O2. The number of ether oxygens (including phenoxy) is 1. The van der Waals surface area contributed by atoms with E-state index in [1.807, 2.05) is 59.6 Å². The Labute approximate surface area is 243 Å². The third-order valence-electron chi connectivity index (χ3n) is 7.61. The lowest BCUT2D eigenvalue weighted by Crippen LogP contribution is -2.56. The molecule has 0 unspecified atom stereocenters. The molecule has 0 aromatic heterocycles. The topological polar surface area (TPSA) is 48.4 Å². The van der Waals surface area contributed by atoms with Crippen molar-refractivity contribution in [2.24, 2.45) is 4.99 Å². The van der Waals surface area contributed by atoms with E-state index in [9.17, 15) is 13.6 Å². The highest BCUT2D eigenvalue weighted by Gasteiger charge is 2.38. The summed E-state index contributed by atoms with van der Waals surface area (Å²) >= 11 is 0. The first-order chi connectivity index (χ1) is 20.5. The van der Waals surface area contributed by atoms with Gasteiger partial charge in [0.1, 0.15) is 23.1 Å². The molecule has 6 nitrogen and oxygen atoms in total. The molecule has 212 valence electrons. The Morgan fingerprint density at radius 3 is 1.93 bits per heavy atom. The van der Waals surface area contributed by atoms with Gasteiger partial charge in [-0.15, -0.1) is 0 Å². The number of piperazine rings is 1. The molecule has 1 amide bonds. The van der Waals surface area contributed by atoms with Gasteiger partial charge in [0.15, 0.2) is 5.84 Å². The molecule has 0 atom stereocenters. The Morgan fingerprint density at radius 1 is 0.762 bits per heavy atom. The Morgan fingerprint density at radius 2 is 1.33 bits per heavy atom. The van der Waals surface area contributed by atoms with Crippen molar-refractivity contribution in [2.75, 3.05) is 33.3 Å². The highest BCUT2D eigenvalue weighted by molar-refractivity contribution is 6.19. The number of benzene rings is 4. The number of amidine groups is 1. The van der Waals surface area contributed by atoms with Crippen LogP contribution >= 0.6 is 0 Å². The number of hydrogen-bond acceptors (Lipinski definition) is 5. The van der Waals surface area contributed by atoms with E-state index in [0.717, 1.165) is 22.3 Å². The standard InChI is InChI=1S/C34H30F2N4O2/c1-42-31-10-6-5-9-27(31)23-30-34(41)40(33(37-30)26-7-3-2-4-8-26)39-21-19-38(20-22-39)32(24-11-15-28(35)16-12-24)25-13-17-29(36)18-14-25/h2-18,23,32H,19-22H2,1H3/b30-23-. The van der Waals surface area contributed by atoms with Gasteiger partial charge >= 0.3 is 0 Å². The van der Waals surface area contributed by atoms with Crippen molar-refractivity contribution in [3.63, 3.8) is 0 Å². The summed E-state index contributed by atoms with van der Waals surface area (Å²) < 4.78 is 33.0. The Balaban J connectivity index is 1.28. The fourth-order valence-corrected chi connectivity index (χ4v) is 5.55. The number of methoxy groups -OCH3 is 1. The van der Waals surface area contributed by atoms with Crippen LogP contribution in [0.25, 0.3) is 6.08 Å². The first kappa shape index (κ1) is 27.5. The van der Waals surface area contributed by atoms with Crippen LogP contribution < -0.4 is 4.74 Å². The van der Waals surface area contributed by atoms with Crippen molar-refractivity contribution in [1.82, 2.24) is 14.9 Å². The van der Waals surface area contributed by atoms with Crippen LogP contribution in [0.1, 0.15) is 28.3 Å². The average Bonchev–Trinajstić information content (AvgIpc) is 3.35. The number of aliphatic imine (C=N–C) groups is 1. The van der Waals surface area contributed by atoms with Crippen LogP contribution in [-0.4, -0.2) is 59.9 Å². The molecule has 1 fully saturated rings. The second-order valence-electron chi connectivity index (χ2n) is 10.2. The fraction of sp³-hybridized carbons (Fsp3) is 0.176. The normalized spacial score (nSPS) is 17.2. The summed E-state index contributed by atoms with van der Waals surface area (Å²) in [4.78, 5) is 21.0. The second-order valence-corrected chi connectivity index (χ2v) is 10.2. The van der Waals surface area contributed by atoms with Gasteiger partial charge in [-0.1, -0.05) is 72.8 Å². The number of carbonyl (C=O) groups is 1. The smallest absolute Gasteiger partial charge is 0.292 e. The lowest BCUT2D eigenvalue weighted by Gasteiger charge is -2.42. The number of hydrogen-bond donors (Lipinski definition) is 0. The molecule has 1 saturated heterocycles. The lowest BCUT2D eigenvalue weighted by atomic mass is 9.96. The molecule has 4 aromatic carbocycles. The third kappa shape index (κ3) is 5.59. The van der Waals surface area contributed by atoms with E-state index in [0.29, 0.717) is 43.5 Å². The summed E-state index contributed by atoms with van der Waals surface area (Å²) in [5.74, 6) is 0.414. The number of halogens is 2. The molecule has 0 bridgehead atoms. The van der Waals surface area contributed by atoms with Gasteiger partial charge in [-0.05, 0) is 47.5 Å². The van der Waals surface area contributed by atoms with Crippen molar-refractivity contribution in [2.45, 2.75) is 6.04 Å². The van der Waals surface area contributed by atoms with E-state index in [1.54, 1.807) is 42.5 Å². The predicted octanol–water partition coefficient (Wildman–Crippen LogP) is 5.93. The van der Waals surface area contributed by atoms with E-state index in [-0.39, 0.29) is 23.6 Å². The average molecular weight is 565 g/mol. The van der Waals surface area contributed by atoms with Gasteiger partial charge in [-0.3, -0.25) is 9.69 Å². The molecule has 0 aliphatic carbocycles. The zero-order valence-electron chi connectivity index (χ0n) is 23.2. The lowest BCUT2D eigenvalue weighted by molar-refractivity contribution is -0.136. The monoisotopic (exact) mass is 564 g/mol. The maximum Gasteiger partial charge on any atom is 0.292 e. The molecule has 42 heavy (non-hydrogen) atoms. The molecule has 0 saturated carbocycles. The summed E-state index contributed by atoms with van der Waals surface area (Å²) in [5.41, 5.74) is 3.78. The van der Waals surface area contributed by atoms with Gasteiger partial charge < -0.3 is 4.74 Å². The minimum atomic E-state index is -0.307. The number of nitrogens with zero attached hydrogens (tertiary/aromatic N) is 4. The quantitative estimate of drug-likeness (QED) is 0.261. The molecule has 0 N–H and O–H groups in total. The van der Waals surface area contributed by atoms with Crippen LogP contribution in [0.5, 0.6) is 5.75 Å². The Kier molecular flexibility index (Phi) is 7.90. The predicted molar refractivity (Wildman–Crippen MR) is 159 cm³/mol. The molecular weight excluding hydrogens is 534 g/mol. The zero-order valence-corrected chi connectivity index (χ0v) is 23.2. The largest absolute Gasteiger partial charge is 0.496 e. The van der Waals surface area contributed by atoms with Crippen LogP contribution in [0.15, 0.2) is 114 Å². The summed E-state index contributed by atoms with van der Waals surface area (Å²) in [6.07, 6.45) is 1.76. The number of amides is 1. The van der Waals surface area contributed by atoms with Gasteiger partial charge in [0.25, 0.3) is 5.91 Å². The highest BCUT2D eigenvalue weighted by atomic mass is 19.1. The van der Waals surface area contributed by atoms with Crippen LogP contribution in [0.3, 0.4) is 0 Å². The minimum absolute atomic E-state index is 0.189. The van der Waals surface area contributed by atoms with Crippen LogP contribution in [-0.2, 0) is 4.79 Å². The van der Waals surface area contributed by atoms with Gasteiger partial charge in [-0.25, -0.2) is 23.8 Å². The zero-order chi connectivity index (χ0) is 29.1. The molecule has 6 rings (SSSR count). The Bertz CT molecular complexity index is 1570. The molecule has 2 heterocycles. The highest BCUT2D eigenvalue weighted by Crippen LogP contribution is 2.32. The third-order valence-corrected chi connectivity index (χ3v) is 7.61. The van der Waals surface area contributed by atoms with Crippen LogP contribution in [0.2, 0.25) is 0 Å². The first-order valence-corrected chi connectivity index (χ1v) is 13.8. The summed E-state index contributed by atoms with van der Waals surface area (Å²) in [6, 6.07) is 29.9. The number of carbonyl (C=O) groups excluding carboxylic acids is 1. The molecule has 0 spiro atoms. The second kappa shape index (κ2) is 12.1. The van der Waals surface area contributed by atoms with Crippen molar-refractivity contribution in [3.05, 3.63) is 143 Å². The number of hydrazine groups is 1. The molecule has 0 radical (unpaired) electrons. The maximum absolute atomic E-state index is 13.9. The van der Waals surface area contributed by atoms with Crippen molar-refractivity contribution in [1.29, 1.82) is 0 Å². The van der Waals surface area contributed by atoms with Crippen LogP contribution in [0, 0.1) is 11.6 Å². The molecule has 2 aliphatic heterocycles. The van der Waals surface area contributed by atoms with E-state index < -0.39 is 0 Å². The molecule has 2 aliphatic rings. The summed E-state index contributed by atoms with van der Waals surface area (Å²) in [7, 11) is 1.60. The van der Waals surface area contributed by atoms with Gasteiger partial charge in [0.05, 0.1) is 13.2 Å². The minimum Gasteiger partial charge on any atom is -0.496 e. The van der Waals surface area contributed by atoms with E-state index in [4.69, 9.17) is 9.73 Å². The van der Waals surface area contributed by atoms with Gasteiger partial charge in [0.2, 0.25) is 0 Å². The van der Waals surface area contributed by atoms with E-state index in [1.165, 1.54) is 24.3 Å². The van der Waals surface area contributed by atoms with Gasteiger partial charge in [-0.2, -0.15) is 0 Å². The van der Waals surface area contributed by atoms with E-state index >= 15 is 0 Å². The van der Waals surface area contributed by atoms with Crippen molar-refractivity contribution >= 4 is 17.8 Å². The molecule has 4 aromatic rings. The first-order valence-electron chi connectivity index (χ1n) is 13.8.